The van der Waals surface area contributed by atoms with Gasteiger partial charge in [0.15, 0.2) is 0 Å². The lowest BCUT2D eigenvalue weighted by atomic mass is 10.1. The van der Waals surface area contributed by atoms with Crippen LogP contribution in [0.5, 0.6) is 0 Å². The third-order valence-corrected chi connectivity index (χ3v) is 0.674. The van der Waals surface area contributed by atoms with Crippen molar-refractivity contribution in [2.45, 2.75) is 12.7 Å². The summed E-state index contributed by atoms with van der Waals surface area (Å²) in [5.74, 6) is -1.71. The summed E-state index contributed by atoms with van der Waals surface area (Å²) in [6.07, 6.45) is -6.20. The van der Waals surface area contributed by atoms with Gasteiger partial charge >= 0.3 is 0 Å². The number of hydrogen-bond donors (Lipinski definition) is 0. The summed E-state index contributed by atoms with van der Waals surface area (Å²) < 4.78 is 58.7. The summed E-state index contributed by atoms with van der Waals surface area (Å²) in [7, 11) is 0.905. The van der Waals surface area contributed by atoms with E-state index in [9.17, 15) is 4.79 Å². The van der Waals surface area contributed by atoms with Gasteiger partial charge < -0.3 is 4.90 Å². The number of piperidine rings is 1. The van der Waals surface area contributed by atoms with Crippen molar-refractivity contribution >= 4 is 5.78 Å². The van der Waals surface area contributed by atoms with E-state index in [2.05, 4.69) is 0 Å². The number of hydrogen-bond acceptors (Lipinski definition) is 2. The zero-order valence-corrected chi connectivity index (χ0v) is 4.36. The van der Waals surface area contributed by atoms with Gasteiger partial charge in [-0.05, 0) is 7.05 Å². The molecule has 1 saturated heterocycles. The van der Waals surface area contributed by atoms with Crippen LogP contribution in [0.25, 0.3) is 0 Å². The van der Waals surface area contributed by atoms with Crippen LogP contribution in [-0.2, 0) is 4.79 Å². The molecule has 0 aromatic heterocycles. The van der Waals surface area contributed by atoms with Crippen LogP contribution in [0.3, 0.4) is 0 Å². The van der Waals surface area contributed by atoms with Crippen molar-refractivity contribution in [2.24, 2.45) is 0 Å². The van der Waals surface area contributed by atoms with Gasteiger partial charge in [0.05, 0.1) is 0 Å². The molecule has 0 aromatic carbocycles. The first kappa shape index (κ1) is 1.37. The Morgan fingerprint density at radius 3 is 2.62 bits per heavy atom. The number of carbonyl (C=O) groups is 1. The number of carbonyl (C=O) groups excluding carboxylic acids is 1. The smallest absolute Gasteiger partial charge is 0.135 e. The van der Waals surface area contributed by atoms with Crippen LogP contribution in [0, 0.1) is 0 Å². The van der Waals surface area contributed by atoms with Crippen LogP contribution < -0.4 is 0 Å². The quantitative estimate of drug-likeness (QED) is 0.459. The molecule has 0 unspecified atom stereocenters. The van der Waals surface area contributed by atoms with Crippen LogP contribution in [-0.4, -0.2) is 30.7 Å². The molecule has 1 fully saturated rings. The van der Waals surface area contributed by atoms with Crippen LogP contribution in [0.15, 0.2) is 0 Å². The normalized spacial score (nSPS) is 63.9. The summed E-state index contributed by atoms with van der Waals surface area (Å²) in [5.41, 5.74) is 0. The topological polar surface area (TPSA) is 20.3 Å². The SMILES string of the molecule is [2H]C1([2H])C(=O)C([2H])([2H])C([2H])([2H])N(C)C1([2H])[2H]. The van der Waals surface area contributed by atoms with Crippen molar-refractivity contribution in [1.29, 1.82) is 0 Å². The zero-order valence-electron chi connectivity index (χ0n) is 12.4. The molecule has 2 heteroatoms. The molecule has 1 rings (SSSR count). The average molecular weight is 121 g/mol. The van der Waals surface area contributed by atoms with Crippen LogP contribution >= 0.6 is 0 Å². The Balaban J connectivity index is 3.45. The fourth-order valence-electron chi connectivity index (χ4n) is 0.328. The first-order chi connectivity index (χ1) is 6.81. The highest BCUT2D eigenvalue weighted by Crippen LogP contribution is 2.01. The lowest BCUT2D eigenvalue weighted by molar-refractivity contribution is -0.121. The van der Waals surface area contributed by atoms with Crippen molar-refractivity contribution in [3.05, 3.63) is 0 Å². The van der Waals surface area contributed by atoms with E-state index >= 15 is 0 Å². The lowest BCUT2D eigenvalue weighted by Crippen LogP contribution is -2.29. The minimum Gasteiger partial charge on any atom is -0.305 e. The van der Waals surface area contributed by atoms with Crippen molar-refractivity contribution < 1.29 is 15.8 Å². The molecule has 46 valence electrons. The molecule has 0 aliphatic carbocycles. The van der Waals surface area contributed by atoms with Crippen molar-refractivity contribution in [3.8, 4) is 0 Å². The summed E-state index contributed by atoms with van der Waals surface area (Å²) in [6, 6.07) is 0. The second-order valence-corrected chi connectivity index (χ2v) is 1.36. The van der Waals surface area contributed by atoms with Crippen molar-refractivity contribution in [3.63, 3.8) is 0 Å². The fourth-order valence-corrected chi connectivity index (χ4v) is 0.328. The van der Waals surface area contributed by atoms with Crippen molar-refractivity contribution in [2.75, 3.05) is 20.0 Å². The van der Waals surface area contributed by atoms with Gasteiger partial charge in [-0.2, -0.15) is 0 Å². The maximum atomic E-state index is 11.5. The maximum absolute atomic E-state index is 11.5. The monoisotopic (exact) mass is 121 g/mol. The molecular weight excluding hydrogens is 102 g/mol. The fraction of sp³-hybridized carbons (Fsp3) is 0.833. The molecule has 1 aliphatic heterocycles. The third kappa shape index (κ3) is 1.30. The zero-order chi connectivity index (χ0) is 13.2. The van der Waals surface area contributed by atoms with Crippen molar-refractivity contribution in [1.82, 2.24) is 4.90 Å². The second kappa shape index (κ2) is 2.27. The minimum absolute atomic E-state index is 0.279. The molecule has 0 saturated carbocycles. The number of rotatable bonds is 0. The molecule has 0 N–H and O–H groups in total. The van der Waals surface area contributed by atoms with E-state index in [0.29, 0.717) is 0 Å². The van der Waals surface area contributed by atoms with Gasteiger partial charge in [-0.25, -0.2) is 0 Å². The summed E-state index contributed by atoms with van der Waals surface area (Å²) in [4.78, 5) is 11.8. The summed E-state index contributed by atoms with van der Waals surface area (Å²) >= 11 is 0. The van der Waals surface area contributed by atoms with Crippen LogP contribution in [0.2, 0.25) is 0 Å². The van der Waals surface area contributed by atoms with Gasteiger partial charge in [0, 0.05) is 36.7 Å². The van der Waals surface area contributed by atoms with Gasteiger partial charge in [0.25, 0.3) is 0 Å². The predicted octanol–water partition coefficient (Wildman–Crippen LogP) is 0.281. The Labute approximate surface area is 60.7 Å². The summed E-state index contributed by atoms with van der Waals surface area (Å²) in [6.45, 7) is -5.81. The van der Waals surface area contributed by atoms with E-state index in [-0.39, 0.29) is 4.90 Å². The first-order valence-electron chi connectivity index (χ1n) is 6.10. The summed E-state index contributed by atoms with van der Waals surface area (Å²) in [5, 5.41) is 0. The van der Waals surface area contributed by atoms with Gasteiger partial charge in [-0.3, -0.25) is 4.79 Å². The Hall–Kier alpha value is -0.370. The highest BCUT2D eigenvalue weighted by Gasteiger charge is 2.10. The number of nitrogens with zero attached hydrogens (tertiary/aromatic N) is 1. The Kier molecular flexibility index (Phi) is 0.389. The number of likely N-dealkylation sites (tertiary alicyclic amines) is 1. The van der Waals surface area contributed by atoms with E-state index in [1.807, 2.05) is 0 Å². The number of ketones is 1. The van der Waals surface area contributed by atoms with E-state index in [0.717, 1.165) is 7.05 Å². The second-order valence-electron chi connectivity index (χ2n) is 1.36. The average Bonchev–Trinajstić information content (AvgIpc) is 2.13. The molecule has 0 aromatic rings. The van der Waals surface area contributed by atoms with Gasteiger partial charge in [0.1, 0.15) is 5.78 Å². The molecule has 1 heterocycles. The molecule has 8 heavy (non-hydrogen) atoms. The predicted molar refractivity (Wildman–Crippen MR) is 31.7 cm³/mol. The maximum Gasteiger partial charge on any atom is 0.135 e. The first-order valence-corrected chi connectivity index (χ1v) is 2.10. The largest absolute Gasteiger partial charge is 0.305 e. The molecule has 0 bridgehead atoms. The highest BCUT2D eigenvalue weighted by atomic mass is 16.1. The van der Waals surface area contributed by atoms with E-state index < -0.39 is 31.5 Å². The molecule has 2 nitrogen and oxygen atoms in total. The van der Waals surface area contributed by atoms with E-state index in [1.165, 1.54) is 0 Å². The van der Waals surface area contributed by atoms with Crippen LogP contribution in [0.1, 0.15) is 23.7 Å². The van der Waals surface area contributed by atoms with Gasteiger partial charge in [0.2, 0.25) is 0 Å². The number of Topliss-reactive ketones (excluding diaryl/α,β-unsaturated/α-hetero) is 1. The molecule has 0 atom stereocenters. The molecule has 0 amide bonds. The van der Waals surface area contributed by atoms with Gasteiger partial charge in [-0.1, -0.05) is 0 Å². The Morgan fingerprint density at radius 2 is 2.12 bits per heavy atom. The standard InChI is InChI=1S/C6H11NO/c1-7-4-2-6(8)3-5-7/h2-5H2,1H3/i2D2,3D2,4D2,5D2. The molecule has 0 spiro atoms. The molecule has 0 radical (unpaired) electrons. The van der Waals surface area contributed by atoms with Crippen LogP contribution in [0.4, 0.5) is 0 Å². The Morgan fingerprint density at radius 1 is 1.62 bits per heavy atom. The van der Waals surface area contributed by atoms with Gasteiger partial charge in [-0.15, -0.1) is 0 Å². The molecular formula is C6H11NO. The Bertz CT molecular complexity index is 307. The third-order valence-electron chi connectivity index (χ3n) is 0.674. The molecule has 1 aliphatic rings. The van der Waals surface area contributed by atoms with E-state index in [1.54, 1.807) is 0 Å². The minimum atomic E-state index is -3.10. The lowest BCUT2D eigenvalue weighted by Gasteiger charge is -2.19. The van der Waals surface area contributed by atoms with E-state index in [4.69, 9.17) is 11.0 Å². The highest BCUT2D eigenvalue weighted by molar-refractivity contribution is 5.79.